The fourth-order valence-corrected chi connectivity index (χ4v) is 5.59. The minimum atomic E-state index is -1.17. The number of hydrogen-bond acceptors (Lipinski definition) is 5. The van der Waals surface area contributed by atoms with E-state index in [4.69, 9.17) is 9.47 Å². The predicted octanol–water partition coefficient (Wildman–Crippen LogP) is 6.30. The highest BCUT2D eigenvalue weighted by atomic mass is 16.5. The highest BCUT2D eigenvalue weighted by Gasteiger charge is 2.50. The van der Waals surface area contributed by atoms with Gasteiger partial charge in [-0.1, -0.05) is 42.5 Å². The molecule has 1 aliphatic rings. The van der Waals surface area contributed by atoms with Gasteiger partial charge in [-0.05, 0) is 90.4 Å². The van der Waals surface area contributed by atoms with E-state index >= 15 is 0 Å². The molecule has 194 valence electrons. The summed E-state index contributed by atoms with van der Waals surface area (Å²) in [4.78, 5) is 14.1. The first kappa shape index (κ1) is 25.2. The van der Waals surface area contributed by atoms with Crippen LogP contribution in [0.3, 0.4) is 0 Å². The number of hydrogen-bond donors (Lipinski definition) is 3. The number of ether oxygens (including phenoxy) is 2. The summed E-state index contributed by atoms with van der Waals surface area (Å²) in [6.45, 7) is 7.34. The van der Waals surface area contributed by atoms with Gasteiger partial charge < -0.3 is 25.0 Å². The number of carbonyl (C=O) groups is 1. The molecule has 4 aromatic carbocycles. The number of methoxy groups -OCH3 is 2. The Hall–Kier alpha value is -4.45. The monoisotopic (exact) mass is 509 g/mol. The summed E-state index contributed by atoms with van der Waals surface area (Å²) in [5.41, 5.74) is 6.44. The van der Waals surface area contributed by atoms with Crippen molar-refractivity contribution in [1.82, 2.24) is 0 Å². The third kappa shape index (κ3) is 3.67. The smallest absolute Gasteiger partial charge is 0.244 e. The van der Waals surface area contributed by atoms with Crippen LogP contribution in [0.4, 0.5) is 5.69 Å². The van der Waals surface area contributed by atoms with Gasteiger partial charge in [0.1, 0.15) is 16.9 Å². The van der Waals surface area contributed by atoms with E-state index < -0.39 is 5.41 Å². The van der Waals surface area contributed by atoms with Crippen molar-refractivity contribution in [2.45, 2.75) is 33.1 Å². The predicted molar refractivity (Wildman–Crippen MR) is 149 cm³/mol. The molecule has 5 rings (SSSR count). The van der Waals surface area contributed by atoms with Gasteiger partial charge in [-0.15, -0.1) is 0 Å². The Bertz CT molecular complexity index is 1500. The molecule has 0 unspecified atom stereocenters. The van der Waals surface area contributed by atoms with Crippen LogP contribution >= 0.6 is 0 Å². The van der Waals surface area contributed by atoms with Crippen molar-refractivity contribution < 1.29 is 24.5 Å². The Morgan fingerprint density at radius 2 is 1.13 bits per heavy atom. The maximum Gasteiger partial charge on any atom is 0.244 e. The van der Waals surface area contributed by atoms with E-state index in [-0.39, 0.29) is 17.4 Å². The van der Waals surface area contributed by atoms with Crippen molar-refractivity contribution in [3.8, 4) is 34.1 Å². The molecule has 6 heteroatoms. The van der Waals surface area contributed by atoms with Crippen molar-refractivity contribution in [2.75, 3.05) is 19.5 Å². The molecule has 0 fully saturated rings. The van der Waals surface area contributed by atoms with Crippen LogP contribution in [-0.4, -0.2) is 30.3 Å². The van der Waals surface area contributed by atoms with Crippen LogP contribution in [0.5, 0.6) is 23.0 Å². The molecule has 0 saturated carbocycles. The second-order valence-electron chi connectivity index (χ2n) is 9.95. The van der Waals surface area contributed by atoms with E-state index in [9.17, 15) is 15.0 Å². The van der Waals surface area contributed by atoms with Gasteiger partial charge in [0.15, 0.2) is 11.5 Å². The van der Waals surface area contributed by atoms with Gasteiger partial charge in [-0.3, -0.25) is 4.79 Å². The van der Waals surface area contributed by atoms with Crippen molar-refractivity contribution in [3.05, 3.63) is 99.6 Å². The molecule has 3 N–H and O–H groups in total. The van der Waals surface area contributed by atoms with Gasteiger partial charge in [-0.2, -0.15) is 0 Å². The molecule has 38 heavy (non-hydrogen) atoms. The van der Waals surface area contributed by atoms with E-state index in [0.29, 0.717) is 39.4 Å². The minimum absolute atomic E-state index is 0.189. The van der Waals surface area contributed by atoms with Gasteiger partial charge >= 0.3 is 0 Å². The lowest BCUT2D eigenvalue weighted by Crippen LogP contribution is -2.37. The highest BCUT2D eigenvalue weighted by molar-refractivity contribution is 6.12. The topological polar surface area (TPSA) is 88.0 Å². The van der Waals surface area contributed by atoms with Crippen LogP contribution in [-0.2, 0) is 10.2 Å². The van der Waals surface area contributed by atoms with Crippen LogP contribution in [0.2, 0.25) is 0 Å². The molecule has 0 saturated heterocycles. The van der Waals surface area contributed by atoms with E-state index in [1.165, 1.54) is 0 Å². The number of rotatable bonds is 5. The molecule has 0 radical (unpaired) electrons. The summed E-state index contributed by atoms with van der Waals surface area (Å²) < 4.78 is 10.9. The van der Waals surface area contributed by atoms with E-state index in [0.717, 1.165) is 27.8 Å². The number of carbonyl (C=O) groups excluding carboxylic acids is 1. The Balaban J connectivity index is 1.77. The molecule has 0 aromatic heterocycles. The summed E-state index contributed by atoms with van der Waals surface area (Å²) in [6, 6.07) is 19.1. The van der Waals surface area contributed by atoms with Gasteiger partial charge in [0, 0.05) is 11.3 Å². The molecule has 0 atom stereocenters. The van der Waals surface area contributed by atoms with Crippen LogP contribution in [0, 0.1) is 27.7 Å². The Labute approximate surface area is 222 Å². The lowest BCUT2D eigenvalue weighted by molar-refractivity contribution is -0.118. The lowest BCUT2D eigenvalue weighted by atomic mass is 9.68. The van der Waals surface area contributed by atoms with E-state index in [1.54, 1.807) is 14.2 Å². The third-order valence-corrected chi connectivity index (χ3v) is 7.58. The zero-order valence-electron chi connectivity index (χ0n) is 22.4. The van der Waals surface area contributed by atoms with Crippen molar-refractivity contribution in [1.29, 1.82) is 0 Å². The number of aryl methyl sites for hydroxylation is 4. The molecule has 0 spiro atoms. The Kier molecular flexibility index (Phi) is 6.06. The first-order valence-corrected chi connectivity index (χ1v) is 12.4. The number of phenolic OH excluding ortho intramolecular Hbond substituents is 2. The first-order valence-electron chi connectivity index (χ1n) is 12.4. The standard InChI is InChI=1S/C32H31NO5/c1-17-11-23(12-18(2)29(17)34)32(24-13-19(3)30(35)20(4)14-24)25-9-7-21(15-26(25)33-31(32)36)22-8-10-27(37-5)28(16-22)38-6/h7-16,34-35H,1-6H3,(H,33,36). The molecule has 0 bridgehead atoms. The molecule has 6 nitrogen and oxygen atoms in total. The van der Waals surface area contributed by atoms with Gasteiger partial charge in [0.05, 0.1) is 14.2 Å². The van der Waals surface area contributed by atoms with Crippen LogP contribution in [0.1, 0.15) is 38.9 Å². The fourth-order valence-electron chi connectivity index (χ4n) is 5.59. The number of benzene rings is 4. The summed E-state index contributed by atoms with van der Waals surface area (Å²) >= 11 is 0. The first-order chi connectivity index (χ1) is 18.1. The highest BCUT2D eigenvalue weighted by Crippen LogP contribution is 2.50. The second kappa shape index (κ2) is 9.14. The number of amides is 1. The van der Waals surface area contributed by atoms with Gasteiger partial charge in [0.25, 0.3) is 0 Å². The van der Waals surface area contributed by atoms with Gasteiger partial charge in [-0.25, -0.2) is 0 Å². The quantitative estimate of drug-likeness (QED) is 0.294. The number of nitrogens with one attached hydrogen (secondary N) is 1. The molecule has 0 aliphatic carbocycles. The molecule has 4 aromatic rings. The van der Waals surface area contributed by atoms with E-state index in [2.05, 4.69) is 5.32 Å². The molecular formula is C32H31NO5. The zero-order chi connectivity index (χ0) is 27.4. The number of phenols is 2. The SMILES string of the molecule is COc1ccc(-c2ccc3c(c2)NC(=O)C3(c2cc(C)c(O)c(C)c2)c2cc(C)c(O)c(C)c2)cc1OC. The Morgan fingerprint density at radius 3 is 1.63 bits per heavy atom. The van der Waals surface area contributed by atoms with Crippen molar-refractivity contribution >= 4 is 11.6 Å². The largest absolute Gasteiger partial charge is 0.507 e. The average molecular weight is 510 g/mol. The number of anilines is 1. The zero-order valence-corrected chi connectivity index (χ0v) is 22.4. The number of fused-ring (bicyclic) bond motifs is 1. The summed E-state index contributed by atoms with van der Waals surface area (Å²) in [5.74, 6) is 1.49. The van der Waals surface area contributed by atoms with Gasteiger partial charge in [0.2, 0.25) is 5.91 Å². The Morgan fingerprint density at radius 1 is 0.658 bits per heavy atom. The average Bonchev–Trinajstić information content (AvgIpc) is 3.20. The molecule has 1 aliphatic heterocycles. The number of aromatic hydroxyl groups is 2. The maximum atomic E-state index is 14.1. The van der Waals surface area contributed by atoms with Crippen LogP contribution in [0.25, 0.3) is 11.1 Å². The second-order valence-corrected chi connectivity index (χ2v) is 9.95. The van der Waals surface area contributed by atoms with E-state index in [1.807, 2.05) is 88.4 Å². The molecule has 1 amide bonds. The molecular weight excluding hydrogens is 478 g/mol. The lowest BCUT2D eigenvalue weighted by Gasteiger charge is -2.31. The summed E-state index contributed by atoms with van der Waals surface area (Å²) in [7, 11) is 3.20. The summed E-state index contributed by atoms with van der Waals surface area (Å²) in [6.07, 6.45) is 0. The van der Waals surface area contributed by atoms with Crippen LogP contribution < -0.4 is 14.8 Å². The third-order valence-electron chi connectivity index (χ3n) is 7.58. The maximum absolute atomic E-state index is 14.1. The normalized spacial score (nSPS) is 13.7. The van der Waals surface area contributed by atoms with Crippen molar-refractivity contribution in [2.24, 2.45) is 0 Å². The fraction of sp³-hybridized carbons (Fsp3) is 0.219. The minimum Gasteiger partial charge on any atom is -0.507 e. The summed E-state index contributed by atoms with van der Waals surface area (Å²) in [5, 5.41) is 24.1. The molecule has 1 heterocycles. The van der Waals surface area contributed by atoms with Crippen LogP contribution in [0.15, 0.2) is 60.7 Å². The van der Waals surface area contributed by atoms with Crippen molar-refractivity contribution in [3.63, 3.8) is 0 Å².